The molecule has 5 heteroatoms. The van der Waals surface area contributed by atoms with Gasteiger partial charge in [0, 0.05) is 12.6 Å². The summed E-state index contributed by atoms with van der Waals surface area (Å²) >= 11 is 5.17. The fraction of sp³-hybridized carbons (Fsp3) is 0.667. The second-order valence-electron chi connectivity index (χ2n) is 6.32. The molecule has 3 nitrogen and oxygen atoms in total. The zero-order chi connectivity index (χ0) is 14.9. The summed E-state index contributed by atoms with van der Waals surface area (Å²) in [6, 6.07) is 2.52. The Morgan fingerprint density at radius 2 is 2.25 bits per heavy atom. The Kier molecular flexibility index (Phi) is 4.92. The number of nitrogens with one attached hydrogen (secondary N) is 1. The first kappa shape index (κ1) is 16.0. The quantitative estimate of drug-likeness (QED) is 0.849. The van der Waals surface area contributed by atoms with Gasteiger partial charge < -0.3 is 10.4 Å². The fourth-order valence-corrected chi connectivity index (χ4v) is 4.42. The van der Waals surface area contributed by atoms with Crippen LogP contribution in [-0.4, -0.2) is 17.1 Å². The van der Waals surface area contributed by atoms with Crippen LogP contribution in [0.4, 0.5) is 0 Å². The third-order valence-corrected chi connectivity index (χ3v) is 6.48. The van der Waals surface area contributed by atoms with Crippen LogP contribution in [0.1, 0.15) is 39.2 Å². The number of carboxylic acid groups (broad SMARTS) is 1. The fourth-order valence-electron chi connectivity index (χ4n) is 3.21. The minimum atomic E-state index is -0.651. The molecule has 112 valence electrons. The van der Waals surface area contributed by atoms with Crippen LogP contribution >= 0.6 is 27.3 Å². The Bertz CT molecular complexity index is 486. The molecule has 1 aromatic heterocycles. The molecule has 1 saturated carbocycles. The molecule has 0 aromatic carbocycles. The lowest BCUT2D eigenvalue weighted by molar-refractivity contribution is -0.150. The van der Waals surface area contributed by atoms with Gasteiger partial charge in [-0.15, -0.1) is 11.3 Å². The number of halogens is 1. The van der Waals surface area contributed by atoms with Crippen molar-refractivity contribution in [3.8, 4) is 0 Å². The van der Waals surface area contributed by atoms with Gasteiger partial charge in [0.25, 0.3) is 0 Å². The second kappa shape index (κ2) is 6.16. The lowest BCUT2D eigenvalue weighted by Crippen LogP contribution is -2.50. The summed E-state index contributed by atoms with van der Waals surface area (Å²) in [4.78, 5) is 11.4. The molecule has 0 bridgehead atoms. The third kappa shape index (κ3) is 3.26. The Morgan fingerprint density at radius 1 is 1.55 bits per heavy atom. The van der Waals surface area contributed by atoms with E-state index < -0.39 is 5.97 Å². The molecule has 20 heavy (non-hydrogen) atoms. The third-order valence-electron chi connectivity index (χ3n) is 4.93. The maximum atomic E-state index is 11.4. The zero-order valence-electron chi connectivity index (χ0n) is 12.1. The number of hydrogen-bond acceptors (Lipinski definition) is 3. The summed E-state index contributed by atoms with van der Waals surface area (Å²) in [6.45, 7) is 7.21. The predicted molar refractivity (Wildman–Crippen MR) is 86.0 cm³/mol. The van der Waals surface area contributed by atoms with Gasteiger partial charge in [0.1, 0.15) is 0 Å². The van der Waals surface area contributed by atoms with Crippen LogP contribution in [0.3, 0.4) is 0 Å². The van der Waals surface area contributed by atoms with E-state index in [4.69, 9.17) is 0 Å². The summed E-state index contributed by atoms with van der Waals surface area (Å²) in [5.74, 6) is -0.535. The van der Waals surface area contributed by atoms with Gasteiger partial charge in [0.2, 0.25) is 0 Å². The summed E-state index contributed by atoms with van der Waals surface area (Å²) < 4.78 is 1.15. The summed E-state index contributed by atoms with van der Waals surface area (Å²) in [5.41, 5.74) is 1.11. The summed E-state index contributed by atoms with van der Waals surface area (Å²) in [6.07, 6.45) is 1.70. The number of carbonyl (C=O) groups is 1. The molecule has 1 aliphatic rings. The number of rotatable bonds is 4. The molecule has 0 radical (unpaired) electrons. The molecule has 3 atom stereocenters. The maximum absolute atomic E-state index is 11.4. The molecule has 3 unspecified atom stereocenters. The van der Waals surface area contributed by atoms with Crippen LogP contribution in [0.2, 0.25) is 0 Å². The highest BCUT2D eigenvalue weighted by Crippen LogP contribution is 2.45. The average molecular weight is 360 g/mol. The minimum Gasteiger partial charge on any atom is -0.481 e. The molecule has 1 aliphatic carbocycles. The van der Waals surface area contributed by atoms with Gasteiger partial charge in [-0.2, -0.15) is 0 Å². The topological polar surface area (TPSA) is 49.3 Å². The van der Waals surface area contributed by atoms with Crippen molar-refractivity contribution in [2.24, 2.45) is 17.3 Å². The molecule has 0 amide bonds. The lowest BCUT2D eigenvalue weighted by atomic mass is 9.61. The van der Waals surface area contributed by atoms with Crippen LogP contribution in [0.15, 0.2) is 15.2 Å². The zero-order valence-corrected chi connectivity index (χ0v) is 14.6. The Hall–Kier alpha value is -0.390. The highest BCUT2D eigenvalue weighted by atomic mass is 79.9. The largest absolute Gasteiger partial charge is 0.481 e. The SMILES string of the molecule is CC1C(NCc2csc(Br)c2)CCC(C(=O)O)C1(C)C. The minimum absolute atomic E-state index is 0.170. The van der Waals surface area contributed by atoms with Gasteiger partial charge in [-0.25, -0.2) is 0 Å². The van der Waals surface area contributed by atoms with E-state index in [9.17, 15) is 9.90 Å². The normalized spacial score (nSPS) is 29.3. The highest BCUT2D eigenvalue weighted by Gasteiger charge is 2.45. The van der Waals surface area contributed by atoms with Gasteiger partial charge in [0.15, 0.2) is 0 Å². The second-order valence-corrected chi connectivity index (χ2v) is 8.62. The highest BCUT2D eigenvalue weighted by molar-refractivity contribution is 9.11. The van der Waals surface area contributed by atoms with Gasteiger partial charge >= 0.3 is 5.97 Å². The van der Waals surface area contributed by atoms with E-state index in [2.05, 4.69) is 53.5 Å². The summed E-state index contributed by atoms with van der Waals surface area (Å²) in [5, 5.41) is 15.1. The molecule has 1 fully saturated rings. The average Bonchev–Trinajstić information content (AvgIpc) is 2.76. The standard InChI is InChI=1S/C15H22BrNO2S/c1-9-12(17-7-10-6-13(16)20-8-10)5-4-11(14(18)19)15(9,2)3/h6,8-9,11-12,17H,4-5,7H2,1-3H3,(H,18,19). The molecule has 0 aliphatic heterocycles. The monoisotopic (exact) mass is 359 g/mol. The number of aliphatic carboxylic acids is 1. The molecule has 1 heterocycles. The number of thiophene rings is 1. The molecular formula is C15H22BrNO2S. The molecular weight excluding hydrogens is 338 g/mol. The van der Waals surface area contributed by atoms with Crippen molar-refractivity contribution < 1.29 is 9.90 Å². The van der Waals surface area contributed by atoms with Crippen molar-refractivity contribution in [3.63, 3.8) is 0 Å². The first-order chi connectivity index (χ1) is 9.32. The van der Waals surface area contributed by atoms with Gasteiger partial charge in [-0.3, -0.25) is 4.79 Å². The van der Waals surface area contributed by atoms with E-state index in [1.54, 1.807) is 11.3 Å². The van der Waals surface area contributed by atoms with Crippen LogP contribution in [-0.2, 0) is 11.3 Å². The van der Waals surface area contributed by atoms with E-state index in [1.807, 2.05) is 0 Å². The van der Waals surface area contributed by atoms with Crippen LogP contribution in [0.25, 0.3) is 0 Å². The molecule has 2 N–H and O–H groups in total. The predicted octanol–water partition coefficient (Wildman–Crippen LogP) is 4.13. The van der Waals surface area contributed by atoms with Crippen molar-refractivity contribution >= 4 is 33.2 Å². The van der Waals surface area contributed by atoms with E-state index >= 15 is 0 Å². The Labute approximate surface area is 132 Å². The molecule has 0 saturated heterocycles. The van der Waals surface area contributed by atoms with Crippen molar-refractivity contribution in [1.82, 2.24) is 5.32 Å². The number of hydrogen-bond donors (Lipinski definition) is 2. The van der Waals surface area contributed by atoms with Crippen LogP contribution in [0.5, 0.6) is 0 Å². The van der Waals surface area contributed by atoms with Crippen molar-refractivity contribution in [2.45, 2.75) is 46.2 Å². The van der Waals surface area contributed by atoms with Crippen LogP contribution < -0.4 is 5.32 Å². The van der Waals surface area contributed by atoms with Gasteiger partial charge in [-0.05, 0) is 57.1 Å². The lowest BCUT2D eigenvalue weighted by Gasteiger charge is -2.46. The van der Waals surface area contributed by atoms with Crippen LogP contribution in [0, 0.1) is 17.3 Å². The maximum Gasteiger partial charge on any atom is 0.307 e. The smallest absolute Gasteiger partial charge is 0.307 e. The Balaban J connectivity index is 1.99. The van der Waals surface area contributed by atoms with Crippen molar-refractivity contribution in [2.75, 3.05) is 0 Å². The van der Waals surface area contributed by atoms with Crippen molar-refractivity contribution in [3.05, 3.63) is 20.8 Å². The first-order valence-corrected chi connectivity index (χ1v) is 8.68. The molecule has 2 rings (SSSR count). The Morgan fingerprint density at radius 3 is 2.80 bits per heavy atom. The van der Waals surface area contributed by atoms with Gasteiger partial charge in [-0.1, -0.05) is 20.8 Å². The van der Waals surface area contributed by atoms with E-state index in [-0.39, 0.29) is 11.3 Å². The molecule has 0 spiro atoms. The molecule has 1 aromatic rings. The van der Waals surface area contributed by atoms with E-state index in [0.717, 1.165) is 23.2 Å². The number of carboxylic acids is 1. The van der Waals surface area contributed by atoms with E-state index in [1.165, 1.54) is 5.56 Å². The van der Waals surface area contributed by atoms with E-state index in [0.29, 0.717) is 12.0 Å². The van der Waals surface area contributed by atoms with Crippen molar-refractivity contribution in [1.29, 1.82) is 0 Å². The van der Waals surface area contributed by atoms with Gasteiger partial charge in [0.05, 0.1) is 9.70 Å². The summed E-state index contributed by atoms with van der Waals surface area (Å²) in [7, 11) is 0. The first-order valence-electron chi connectivity index (χ1n) is 7.01.